The molecule has 1 rings (SSSR count). The van der Waals surface area contributed by atoms with Crippen molar-refractivity contribution in [3.8, 4) is 0 Å². The molecule has 1 fully saturated rings. The Hall–Kier alpha value is -0.780. The van der Waals surface area contributed by atoms with Gasteiger partial charge in [0.15, 0.2) is 5.96 Å². The molecule has 2 N–H and O–H groups in total. The van der Waals surface area contributed by atoms with E-state index < -0.39 is 9.84 Å². The van der Waals surface area contributed by atoms with Gasteiger partial charge in [-0.2, -0.15) is 0 Å². The van der Waals surface area contributed by atoms with Gasteiger partial charge in [-0.05, 0) is 30.6 Å². The van der Waals surface area contributed by atoms with E-state index in [4.69, 9.17) is 0 Å². The number of guanidine groups is 1. The lowest BCUT2D eigenvalue weighted by molar-refractivity contribution is 0.348. The van der Waals surface area contributed by atoms with Crippen LogP contribution in [0, 0.1) is 11.3 Å². The van der Waals surface area contributed by atoms with Crippen LogP contribution in [0.2, 0.25) is 0 Å². The van der Waals surface area contributed by atoms with Crippen LogP contribution >= 0.6 is 0 Å². The van der Waals surface area contributed by atoms with Gasteiger partial charge < -0.3 is 10.6 Å². The van der Waals surface area contributed by atoms with Crippen LogP contribution in [0.5, 0.6) is 0 Å². The second kappa shape index (κ2) is 9.50. The van der Waals surface area contributed by atoms with E-state index in [0.717, 1.165) is 18.4 Å². The van der Waals surface area contributed by atoms with Gasteiger partial charge in [0.1, 0.15) is 9.84 Å². The topological polar surface area (TPSA) is 70.6 Å². The molecule has 0 saturated heterocycles. The van der Waals surface area contributed by atoms with E-state index in [1.807, 2.05) is 0 Å². The molecule has 0 aromatic carbocycles. The molecule has 0 amide bonds. The number of aliphatic imine (C=N–C) groups is 1. The zero-order chi connectivity index (χ0) is 17.3. The molecule has 0 aliphatic heterocycles. The highest BCUT2D eigenvalue weighted by Gasteiger charge is 2.20. The minimum Gasteiger partial charge on any atom is -0.356 e. The van der Waals surface area contributed by atoms with Crippen molar-refractivity contribution in [1.82, 2.24) is 10.6 Å². The van der Waals surface area contributed by atoms with Crippen LogP contribution < -0.4 is 10.6 Å². The van der Waals surface area contributed by atoms with Gasteiger partial charge in [0.05, 0.1) is 5.75 Å². The Labute approximate surface area is 142 Å². The third-order valence-corrected chi connectivity index (χ3v) is 5.61. The van der Waals surface area contributed by atoms with E-state index in [0.29, 0.717) is 13.0 Å². The maximum absolute atomic E-state index is 11.3. The average Bonchev–Trinajstić information content (AvgIpc) is 2.97. The summed E-state index contributed by atoms with van der Waals surface area (Å²) in [5.41, 5.74) is -0.0788. The van der Waals surface area contributed by atoms with E-state index >= 15 is 0 Å². The van der Waals surface area contributed by atoms with Gasteiger partial charge >= 0.3 is 0 Å². The van der Waals surface area contributed by atoms with Crippen molar-refractivity contribution >= 4 is 15.8 Å². The second-order valence-electron chi connectivity index (χ2n) is 7.69. The molecule has 0 spiro atoms. The molecule has 0 aromatic heterocycles. The summed E-state index contributed by atoms with van der Waals surface area (Å²) in [7, 11) is -1.13. The number of rotatable bonds is 9. The number of hydrogen-bond donors (Lipinski definition) is 2. The van der Waals surface area contributed by atoms with Gasteiger partial charge in [-0.1, -0.05) is 39.5 Å². The Bertz CT molecular complexity index is 466. The molecular weight excluding hydrogens is 310 g/mol. The van der Waals surface area contributed by atoms with Gasteiger partial charge in [0.2, 0.25) is 0 Å². The fourth-order valence-corrected chi connectivity index (χ4v) is 3.91. The summed E-state index contributed by atoms with van der Waals surface area (Å²) in [5.74, 6) is 1.97. The molecule has 6 heteroatoms. The van der Waals surface area contributed by atoms with Crippen LogP contribution in [-0.2, 0) is 9.84 Å². The summed E-state index contributed by atoms with van der Waals surface area (Å²) in [6.07, 6.45) is 10.1. The highest BCUT2D eigenvalue weighted by molar-refractivity contribution is 7.90. The average molecular weight is 346 g/mol. The molecule has 5 nitrogen and oxygen atoms in total. The lowest BCUT2D eigenvalue weighted by Gasteiger charge is -2.25. The quantitative estimate of drug-likeness (QED) is 0.383. The molecule has 0 bridgehead atoms. The molecule has 1 saturated carbocycles. The van der Waals surface area contributed by atoms with Gasteiger partial charge in [-0.3, -0.25) is 4.99 Å². The first kappa shape index (κ1) is 20.3. The van der Waals surface area contributed by atoms with Gasteiger partial charge in [0.25, 0.3) is 0 Å². The van der Waals surface area contributed by atoms with Gasteiger partial charge in [0, 0.05) is 26.4 Å². The SMILES string of the molecule is CN=C(NCCCC1CCCC1)NCC(C)(C)CCS(C)(=O)=O. The lowest BCUT2D eigenvalue weighted by Crippen LogP contribution is -2.42. The van der Waals surface area contributed by atoms with Crippen LogP contribution in [0.3, 0.4) is 0 Å². The largest absolute Gasteiger partial charge is 0.356 e. The van der Waals surface area contributed by atoms with E-state index in [1.165, 1.54) is 44.8 Å². The summed E-state index contributed by atoms with van der Waals surface area (Å²) in [6, 6.07) is 0. The first-order valence-corrected chi connectivity index (χ1v) is 10.9. The third-order valence-electron chi connectivity index (χ3n) is 4.66. The molecule has 0 heterocycles. The van der Waals surface area contributed by atoms with Gasteiger partial charge in [-0.15, -0.1) is 0 Å². The monoisotopic (exact) mass is 345 g/mol. The van der Waals surface area contributed by atoms with Crippen molar-refractivity contribution < 1.29 is 8.42 Å². The second-order valence-corrected chi connectivity index (χ2v) is 9.95. The van der Waals surface area contributed by atoms with Crippen molar-refractivity contribution in [2.24, 2.45) is 16.3 Å². The lowest BCUT2D eigenvalue weighted by atomic mass is 9.90. The highest BCUT2D eigenvalue weighted by atomic mass is 32.2. The zero-order valence-electron chi connectivity index (χ0n) is 15.3. The molecule has 0 atom stereocenters. The van der Waals surface area contributed by atoms with Crippen molar-refractivity contribution in [1.29, 1.82) is 0 Å². The van der Waals surface area contributed by atoms with Crippen LogP contribution in [0.4, 0.5) is 0 Å². The summed E-state index contributed by atoms with van der Waals surface area (Å²) < 4.78 is 22.6. The van der Waals surface area contributed by atoms with E-state index in [2.05, 4.69) is 29.5 Å². The first-order chi connectivity index (χ1) is 10.7. The summed E-state index contributed by atoms with van der Waals surface area (Å²) in [4.78, 5) is 4.25. The normalized spacial score (nSPS) is 17.5. The molecule has 136 valence electrons. The molecule has 0 radical (unpaired) electrons. The van der Waals surface area contributed by atoms with Crippen molar-refractivity contribution in [3.63, 3.8) is 0 Å². The Kier molecular flexibility index (Phi) is 8.37. The Morgan fingerprint density at radius 3 is 2.43 bits per heavy atom. The zero-order valence-corrected chi connectivity index (χ0v) is 16.1. The van der Waals surface area contributed by atoms with Crippen LogP contribution in [-0.4, -0.2) is 46.5 Å². The maximum atomic E-state index is 11.3. The van der Waals surface area contributed by atoms with Crippen LogP contribution in [0.25, 0.3) is 0 Å². The van der Waals surface area contributed by atoms with E-state index in [9.17, 15) is 8.42 Å². The molecule has 23 heavy (non-hydrogen) atoms. The van der Waals surface area contributed by atoms with Gasteiger partial charge in [-0.25, -0.2) is 8.42 Å². The molecule has 0 unspecified atom stereocenters. The standard InChI is InChI=1S/C17H35N3O2S/c1-17(2,11-13-23(4,21)22)14-20-16(18-3)19-12-7-10-15-8-5-6-9-15/h15H,5-14H2,1-4H3,(H2,18,19,20). The minimum atomic E-state index is -2.90. The minimum absolute atomic E-state index is 0.0788. The smallest absolute Gasteiger partial charge is 0.190 e. The highest BCUT2D eigenvalue weighted by Crippen LogP contribution is 2.28. The number of hydrogen-bond acceptors (Lipinski definition) is 3. The van der Waals surface area contributed by atoms with Crippen molar-refractivity contribution in [3.05, 3.63) is 0 Å². The van der Waals surface area contributed by atoms with Crippen LogP contribution in [0.15, 0.2) is 4.99 Å². The fraction of sp³-hybridized carbons (Fsp3) is 0.941. The van der Waals surface area contributed by atoms with Crippen molar-refractivity contribution in [2.45, 2.75) is 58.8 Å². The Morgan fingerprint density at radius 1 is 1.22 bits per heavy atom. The molecular formula is C17H35N3O2S. The Morgan fingerprint density at radius 2 is 1.87 bits per heavy atom. The molecule has 1 aliphatic rings. The predicted molar refractivity (Wildman–Crippen MR) is 98.7 cm³/mol. The van der Waals surface area contributed by atoms with E-state index in [-0.39, 0.29) is 11.2 Å². The first-order valence-electron chi connectivity index (χ1n) is 8.84. The predicted octanol–water partition coefficient (Wildman–Crippen LogP) is 2.58. The maximum Gasteiger partial charge on any atom is 0.190 e. The number of nitrogens with zero attached hydrogens (tertiary/aromatic N) is 1. The fourth-order valence-electron chi connectivity index (χ4n) is 2.99. The summed E-state index contributed by atoms with van der Waals surface area (Å²) in [5, 5.41) is 6.68. The Balaban J connectivity index is 2.21. The van der Waals surface area contributed by atoms with Crippen LogP contribution in [0.1, 0.15) is 58.8 Å². The summed E-state index contributed by atoms with van der Waals surface area (Å²) >= 11 is 0. The summed E-state index contributed by atoms with van der Waals surface area (Å²) in [6.45, 7) is 5.82. The van der Waals surface area contributed by atoms with E-state index in [1.54, 1.807) is 7.05 Å². The number of sulfone groups is 1. The molecule has 1 aliphatic carbocycles. The number of nitrogens with one attached hydrogen (secondary N) is 2. The molecule has 0 aromatic rings. The third kappa shape index (κ3) is 9.84. The van der Waals surface area contributed by atoms with Crippen molar-refractivity contribution in [2.75, 3.05) is 32.1 Å².